The number of aliphatic carboxylic acids is 1. The minimum Gasteiger partial charge on any atom is -0.481 e. The predicted molar refractivity (Wildman–Crippen MR) is 53.0 cm³/mol. The van der Waals surface area contributed by atoms with Gasteiger partial charge in [-0.1, -0.05) is 0 Å². The van der Waals surface area contributed by atoms with Gasteiger partial charge in [-0.2, -0.15) is 5.10 Å². The zero-order chi connectivity index (χ0) is 9.56. The Balaban J connectivity index is 0. The average Bonchev–Trinajstić information content (AvgIpc) is 1.96. The van der Waals surface area contributed by atoms with Crippen LogP contribution < -0.4 is 11.5 Å². The van der Waals surface area contributed by atoms with Gasteiger partial charge in [0.25, 0.3) is 0 Å². The minimum atomic E-state index is -0.866. The van der Waals surface area contributed by atoms with E-state index >= 15 is 0 Å². The highest BCUT2D eigenvalue weighted by atomic mass is 35.5. The Morgan fingerprint density at radius 3 is 2.23 bits per heavy atom. The van der Waals surface area contributed by atoms with Gasteiger partial charge in [0.1, 0.15) is 0 Å². The molecule has 0 aromatic heterocycles. The molecule has 0 spiro atoms. The Kier molecular flexibility index (Phi) is 8.05. The van der Waals surface area contributed by atoms with Crippen LogP contribution in [0.2, 0.25) is 0 Å². The average molecular weight is 209 g/mol. The van der Waals surface area contributed by atoms with Crippen molar-refractivity contribution < 1.29 is 9.90 Å². The van der Waals surface area contributed by atoms with Crippen LogP contribution in [0.1, 0.15) is 19.8 Å². The molecular formula is C6H13ClN4O2. The fourth-order valence-corrected chi connectivity index (χ4v) is 0.481. The van der Waals surface area contributed by atoms with Crippen LogP contribution >= 0.6 is 12.4 Å². The van der Waals surface area contributed by atoms with E-state index < -0.39 is 5.97 Å². The van der Waals surface area contributed by atoms with Crippen molar-refractivity contribution in [3.05, 3.63) is 0 Å². The van der Waals surface area contributed by atoms with Crippen LogP contribution in [0, 0.1) is 0 Å². The molecule has 0 amide bonds. The largest absolute Gasteiger partial charge is 0.481 e. The molecule has 0 aromatic carbocycles. The number of nitrogens with zero attached hydrogens (tertiary/aromatic N) is 2. The van der Waals surface area contributed by atoms with E-state index in [2.05, 4.69) is 10.2 Å². The second-order valence-corrected chi connectivity index (χ2v) is 2.25. The summed E-state index contributed by atoms with van der Waals surface area (Å²) < 4.78 is 0. The maximum Gasteiger partial charge on any atom is 0.303 e. The Bertz CT molecular complexity index is 223. The van der Waals surface area contributed by atoms with Gasteiger partial charge in [0.05, 0.1) is 6.42 Å². The molecule has 0 radical (unpaired) electrons. The molecule has 0 unspecified atom stereocenters. The second-order valence-electron chi connectivity index (χ2n) is 2.25. The first kappa shape index (κ1) is 14.2. The highest BCUT2D eigenvalue weighted by Gasteiger charge is 1.97. The van der Waals surface area contributed by atoms with Crippen LogP contribution in [0.4, 0.5) is 0 Å². The van der Waals surface area contributed by atoms with E-state index in [1.165, 1.54) is 0 Å². The molecule has 0 fully saturated rings. The van der Waals surface area contributed by atoms with Gasteiger partial charge >= 0.3 is 5.97 Å². The third kappa shape index (κ3) is 10.7. The molecule has 5 N–H and O–H groups in total. The van der Waals surface area contributed by atoms with Crippen LogP contribution in [0.5, 0.6) is 0 Å². The lowest BCUT2D eigenvalue weighted by atomic mass is 10.2. The fourth-order valence-electron chi connectivity index (χ4n) is 0.481. The molecule has 0 heterocycles. The molecular weight excluding hydrogens is 196 g/mol. The maximum absolute atomic E-state index is 10.1. The van der Waals surface area contributed by atoms with Crippen LogP contribution in [0.25, 0.3) is 0 Å². The number of rotatable bonds is 4. The third-order valence-electron chi connectivity index (χ3n) is 1.04. The number of carboxylic acid groups (broad SMARTS) is 1. The summed E-state index contributed by atoms with van der Waals surface area (Å²) in [6.45, 7) is 1.66. The Hall–Kier alpha value is -1.30. The summed E-state index contributed by atoms with van der Waals surface area (Å²) in [6.07, 6.45) is 0.390. The van der Waals surface area contributed by atoms with Crippen molar-refractivity contribution in [2.45, 2.75) is 19.8 Å². The number of guanidine groups is 1. The van der Waals surface area contributed by atoms with E-state index in [1.54, 1.807) is 6.92 Å². The molecule has 0 rings (SSSR count). The van der Waals surface area contributed by atoms with Crippen molar-refractivity contribution >= 4 is 30.0 Å². The van der Waals surface area contributed by atoms with Crippen molar-refractivity contribution in [3.63, 3.8) is 0 Å². The van der Waals surface area contributed by atoms with E-state index in [1.807, 2.05) is 0 Å². The number of hydrogen-bond donors (Lipinski definition) is 3. The van der Waals surface area contributed by atoms with Crippen LogP contribution in [0.15, 0.2) is 10.2 Å². The molecule has 0 aliphatic rings. The molecule has 0 bridgehead atoms. The van der Waals surface area contributed by atoms with Gasteiger partial charge in [-0.25, -0.2) is 0 Å². The molecule has 76 valence electrons. The molecule has 0 aliphatic carbocycles. The number of hydrogen-bond acceptors (Lipinski definition) is 3. The lowest BCUT2D eigenvalue weighted by Crippen LogP contribution is -2.22. The number of carbonyl (C=O) groups is 1. The number of carboxylic acids is 1. The summed E-state index contributed by atoms with van der Waals surface area (Å²) in [5, 5.41) is 15.3. The van der Waals surface area contributed by atoms with E-state index in [-0.39, 0.29) is 24.8 Å². The monoisotopic (exact) mass is 208 g/mol. The smallest absolute Gasteiger partial charge is 0.303 e. The molecule has 0 aromatic rings. The zero-order valence-corrected chi connectivity index (χ0v) is 8.04. The van der Waals surface area contributed by atoms with Gasteiger partial charge < -0.3 is 16.6 Å². The summed E-state index contributed by atoms with van der Waals surface area (Å²) in [4.78, 5) is 10.1. The van der Waals surface area contributed by atoms with E-state index in [0.29, 0.717) is 12.1 Å². The van der Waals surface area contributed by atoms with Gasteiger partial charge in [-0.15, -0.1) is 17.5 Å². The first-order chi connectivity index (χ1) is 5.52. The van der Waals surface area contributed by atoms with E-state index in [9.17, 15) is 4.79 Å². The highest BCUT2D eigenvalue weighted by Crippen LogP contribution is 1.92. The van der Waals surface area contributed by atoms with Crippen molar-refractivity contribution in [1.82, 2.24) is 0 Å². The van der Waals surface area contributed by atoms with E-state index in [0.717, 1.165) is 0 Å². The van der Waals surface area contributed by atoms with Crippen LogP contribution in [-0.4, -0.2) is 22.7 Å². The zero-order valence-electron chi connectivity index (χ0n) is 7.23. The summed E-state index contributed by atoms with van der Waals surface area (Å²) in [5.41, 5.74) is 10.6. The lowest BCUT2D eigenvalue weighted by Gasteiger charge is -1.93. The standard InChI is InChI=1S/C6H12N4O2.ClH/c1-4(2-3-5(11)12)9-10-6(7)8;/h2-3H2,1H3,(H,11,12)(H4,7,8,10);1H/b9-4-;. The lowest BCUT2D eigenvalue weighted by molar-refractivity contribution is -0.136. The third-order valence-corrected chi connectivity index (χ3v) is 1.04. The van der Waals surface area contributed by atoms with Gasteiger partial charge in [-0.3, -0.25) is 4.79 Å². The Morgan fingerprint density at radius 1 is 1.31 bits per heavy atom. The van der Waals surface area contributed by atoms with Gasteiger partial charge in [0.15, 0.2) is 0 Å². The first-order valence-electron chi connectivity index (χ1n) is 3.36. The quantitative estimate of drug-likeness (QED) is 0.341. The highest BCUT2D eigenvalue weighted by molar-refractivity contribution is 5.86. The number of nitrogens with two attached hydrogens (primary N) is 2. The summed E-state index contributed by atoms with van der Waals surface area (Å²) in [5.74, 6) is -1.00. The van der Waals surface area contributed by atoms with Crippen molar-refractivity contribution in [3.8, 4) is 0 Å². The molecule has 0 aliphatic heterocycles. The second kappa shape index (κ2) is 7.35. The van der Waals surface area contributed by atoms with E-state index in [4.69, 9.17) is 16.6 Å². The topological polar surface area (TPSA) is 114 Å². The van der Waals surface area contributed by atoms with Gasteiger partial charge in [0.2, 0.25) is 5.96 Å². The fraction of sp³-hybridized carbons (Fsp3) is 0.500. The molecule has 6 nitrogen and oxygen atoms in total. The summed E-state index contributed by atoms with van der Waals surface area (Å²) in [7, 11) is 0. The van der Waals surface area contributed by atoms with Gasteiger partial charge in [-0.05, 0) is 13.3 Å². The summed E-state index contributed by atoms with van der Waals surface area (Å²) >= 11 is 0. The summed E-state index contributed by atoms with van der Waals surface area (Å²) in [6, 6.07) is 0. The van der Waals surface area contributed by atoms with Crippen LogP contribution in [0.3, 0.4) is 0 Å². The molecule has 0 saturated heterocycles. The molecule has 7 heteroatoms. The van der Waals surface area contributed by atoms with Crippen molar-refractivity contribution in [1.29, 1.82) is 0 Å². The van der Waals surface area contributed by atoms with Gasteiger partial charge in [0, 0.05) is 5.71 Å². The Labute approximate surface area is 82.1 Å². The molecule has 13 heavy (non-hydrogen) atoms. The SMILES string of the molecule is C/C(CCC(=O)O)=N/N=C(N)N.Cl. The van der Waals surface area contributed by atoms with Crippen molar-refractivity contribution in [2.75, 3.05) is 0 Å². The first-order valence-corrected chi connectivity index (χ1v) is 3.36. The normalized spacial score (nSPS) is 10.1. The molecule has 0 saturated carbocycles. The number of halogens is 1. The molecule has 0 atom stereocenters. The van der Waals surface area contributed by atoms with Crippen LogP contribution in [-0.2, 0) is 4.79 Å². The predicted octanol–water partition coefficient (Wildman–Crippen LogP) is -0.0777. The minimum absolute atomic E-state index is 0. The Morgan fingerprint density at radius 2 is 1.85 bits per heavy atom. The van der Waals surface area contributed by atoms with Crippen molar-refractivity contribution in [2.24, 2.45) is 21.7 Å². The maximum atomic E-state index is 10.1.